The molecule has 0 spiro atoms. The highest BCUT2D eigenvalue weighted by Gasteiger charge is 2.26. The van der Waals surface area contributed by atoms with Crippen LogP contribution in [-0.2, 0) is 26.0 Å². The molecule has 2 aromatic rings. The second-order valence-corrected chi connectivity index (χ2v) is 8.02. The summed E-state index contributed by atoms with van der Waals surface area (Å²) in [6.07, 6.45) is 0.605. The van der Waals surface area contributed by atoms with Gasteiger partial charge in [-0.1, -0.05) is 6.07 Å². The molecule has 2 aliphatic rings. The van der Waals surface area contributed by atoms with Crippen molar-refractivity contribution < 1.29 is 22.7 Å². The molecule has 27 heavy (non-hydrogen) atoms. The SMILES string of the molecule is CC(=O)N1CCc2cc(S(=O)(=O)Nc3cccc4c3OCC(=O)N4)ccc21. The van der Waals surface area contributed by atoms with Gasteiger partial charge in [0.1, 0.15) is 0 Å². The van der Waals surface area contributed by atoms with Crippen molar-refractivity contribution in [2.24, 2.45) is 0 Å². The van der Waals surface area contributed by atoms with E-state index in [1.54, 1.807) is 35.2 Å². The lowest BCUT2D eigenvalue weighted by atomic mass is 10.2. The molecule has 4 rings (SSSR count). The number of rotatable bonds is 3. The van der Waals surface area contributed by atoms with E-state index in [4.69, 9.17) is 4.74 Å². The van der Waals surface area contributed by atoms with Gasteiger partial charge < -0.3 is 15.0 Å². The highest BCUT2D eigenvalue weighted by molar-refractivity contribution is 7.92. The van der Waals surface area contributed by atoms with Crippen LogP contribution in [0.5, 0.6) is 5.75 Å². The van der Waals surface area contributed by atoms with E-state index >= 15 is 0 Å². The molecule has 2 amide bonds. The van der Waals surface area contributed by atoms with Crippen LogP contribution in [0.15, 0.2) is 41.3 Å². The highest BCUT2D eigenvalue weighted by atomic mass is 32.2. The lowest BCUT2D eigenvalue weighted by Gasteiger charge is -2.21. The molecule has 0 saturated carbocycles. The summed E-state index contributed by atoms with van der Waals surface area (Å²) in [7, 11) is -3.87. The second kappa shape index (κ2) is 6.27. The van der Waals surface area contributed by atoms with Crippen molar-refractivity contribution in [3.63, 3.8) is 0 Å². The maximum absolute atomic E-state index is 12.8. The molecule has 2 heterocycles. The van der Waals surface area contributed by atoms with Crippen LogP contribution in [-0.4, -0.2) is 33.4 Å². The van der Waals surface area contributed by atoms with Crippen LogP contribution in [0.25, 0.3) is 0 Å². The van der Waals surface area contributed by atoms with Gasteiger partial charge in [-0.05, 0) is 42.3 Å². The number of hydrogen-bond donors (Lipinski definition) is 2. The molecule has 8 nitrogen and oxygen atoms in total. The molecular weight excluding hydrogens is 370 g/mol. The maximum atomic E-state index is 12.8. The molecule has 0 radical (unpaired) electrons. The number of hydrogen-bond acceptors (Lipinski definition) is 5. The maximum Gasteiger partial charge on any atom is 0.262 e. The van der Waals surface area contributed by atoms with Crippen LogP contribution < -0.4 is 19.7 Å². The van der Waals surface area contributed by atoms with Gasteiger partial charge in [-0.25, -0.2) is 8.42 Å². The third-order valence-corrected chi connectivity index (χ3v) is 5.88. The van der Waals surface area contributed by atoms with Crippen LogP contribution in [0.4, 0.5) is 17.1 Å². The molecule has 0 atom stereocenters. The lowest BCUT2D eigenvalue weighted by Crippen LogP contribution is -2.26. The number of amides is 2. The molecule has 0 aliphatic carbocycles. The topological polar surface area (TPSA) is 105 Å². The van der Waals surface area contributed by atoms with Gasteiger partial charge in [0.15, 0.2) is 12.4 Å². The van der Waals surface area contributed by atoms with Gasteiger partial charge in [0.05, 0.1) is 16.3 Å². The van der Waals surface area contributed by atoms with E-state index in [9.17, 15) is 18.0 Å². The Bertz CT molecular complexity index is 1060. The van der Waals surface area contributed by atoms with Crippen molar-refractivity contribution in [1.29, 1.82) is 0 Å². The van der Waals surface area contributed by atoms with Crippen molar-refractivity contribution in [2.75, 3.05) is 28.1 Å². The van der Waals surface area contributed by atoms with Gasteiger partial charge in [-0.2, -0.15) is 0 Å². The molecular formula is C18H17N3O5S. The smallest absolute Gasteiger partial charge is 0.262 e. The number of benzene rings is 2. The van der Waals surface area contributed by atoms with Crippen molar-refractivity contribution in [2.45, 2.75) is 18.2 Å². The summed E-state index contributed by atoms with van der Waals surface area (Å²) in [5.74, 6) is -0.0849. The monoisotopic (exact) mass is 387 g/mol. The fourth-order valence-corrected chi connectivity index (χ4v) is 4.38. The zero-order valence-corrected chi connectivity index (χ0v) is 15.3. The fourth-order valence-electron chi connectivity index (χ4n) is 3.27. The van der Waals surface area contributed by atoms with E-state index in [-0.39, 0.29) is 34.8 Å². The van der Waals surface area contributed by atoms with Crippen LogP contribution >= 0.6 is 0 Å². The summed E-state index contributed by atoms with van der Waals surface area (Å²) in [6.45, 7) is 1.85. The molecule has 140 valence electrons. The number of nitrogens with one attached hydrogen (secondary N) is 2. The van der Waals surface area contributed by atoms with E-state index in [0.717, 1.165) is 11.3 Å². The minimum atomic E-state index is -3.87. The predicted octanol–water partition coefficient (Wildman–Crippen LogP) is 1.73. The Hall–Kier alpha value is -3.07. The minimum absolute atomic E-state index is 0.0717. The minimum Gasteiger partial charge on any atom is -0.479 e. The zero-order chi connectivity index (χ0) is 19.2. The van der Waals surface area contributed by atoms with Crippen molar-refractivity contribution in [3.05, 3.63) is 42.0 Å². The molecule has 0 bridgehead atoms. The van der Waals surface area contributed by atoms with E-state index in [0.29, 0.717) is 18.7 Å². The Morgan fingerprint density at radius 1 is 1.26 bits per heavy atom. The van der Waals surface area contributed by atoms with Gasteiger partial charge in [0, 0.05) is 19.2 Å². The van der Waals surface area contributed by atoms with Crippen molar-refractivity contribution >= 4 is 38.9 Å². The number of carbonyl (C=O) groups is 2. The number of anilines is 3. The van der Waals surface area contributed by atoms with Crippen molar-refractivity contribution in [3.8, 4) is 5.75 Å². The molecule has 2 aliphatic heterocycles. The summed E-state index contributed by atoms with van der Waals surface area (Å²) >= 11 is 0. The molecule has 0 fully saturated rings. The summed E-state index contributed by atoms with van der Waals surface area (Å²) in [6, 6.07) is 9.53. The average Bonchev–Trinajstić information content (AvgIpc) is 3.05. The van der Waals surface area contributed by atoms with Crippen molar-refractivity contribution in [1.82, 2.24) is 0 Å². The second-order valence-electron chi connectivity index (χ2n) is 6.34. The first-order valence-electron chi connectivity index (χ1n) is 8.35. The predicted molar refractivity (Wildman–Crippen MR) is 99.5 cm³/mol. The number of nitrogens with zero attached hydrogens (tertiary/aromatic N) is 1. The summed E-state index contributed by atoms with van der Waals surface area (Å²) in [4.78, 5) is 24.8. The number of ether oxygens (including phenoxy) is 1. The van der Waals surface area contributed by atoms with Gasteiger partial charge in [0.2, 0.25) is 5.91 Å². The first-order valence-corrected chi connectivity index (χ1v) is 9.83. The first kappa shape index (κ1) is 17.3. The van der Waals surface area contributed by atoms with Crippen LogP contribution in [0, 0.1) is 0 Å². The van der Waals surface area contributed by atoms with Crippen LogP contribution in [0.1, 0.15) is 12.5 Å². The Morgan fingerprint density at radius 3 is 2.85 bits per heavy atom. The highest BCUT2D eigenvalue weighted by Crippen LogP contribution is 2.37. The molecule has 0 aromatic heterocycles. The summed E-state index contributed by atoms with van der Waals surface area (Å²) in [5.41, 5.74) is 2.21. The van der Waals surface area contributed by atoms with Gasteiger partial charge in [0.25, 0.3) is 15.9 Å². The van der Waals surface area contributed by atoms with Gasteiger partial charge >= 0.3 is 0 Å². The lowest BCUT2D eigenvalue weighted by molar-refractivity contribution is -0.118. The number of carbonyl (C=O) groups excluding carboxylic acids is 2. The molecule has 2 N–H and O–H groups in total. The standard InChI is InChI=1S/C18H17N3O5S/c1-11(22)21-8-7-12-9-13(5-6-16(12)21)27(24,25)20-15-4-2-3-14-18(15)26-10-17(23)19-14/h2-6,9,20H,7-8,10H2,1H3,(H,19,23). The van der Waals surface area contributed by atoms with E-state index in [2.05, 4.69) is 10.0 Å². The molecule has 9 heteroatoms. The first-order chi connectivity index (χ1) is 12.8. The number of fused-ring (bicyclic) bond motifs is 2. The van der Waals surface area contributed by atoms with Gasteiger partial charge in [-0.3, -0.25) is 14.3 Å². The Morgan fingerprint density at radius 2 is 2.07 bits per heavy atom. The number of para-hydroxylation sites is 1. The quantitative estimate of drug-likeness (QED) is 0.835. The Labute approximate surface area is 156 Å². The third-order valence-electron chi connectivity index (χ3n) is 4.52. The fraction of sp³-hybridized carbons (Fsp3) is 0.222. The number of sulfonamides is 1. The largest absolute Gasteiger partial charge is 0.479 e. The normalized spacial score (nSPS) is 15.4. The average molecular weight is 387 g/mol. The summed E-state index contributed by atoms with van der Waals surface area (Å²) < 4.78 is 33.6. The van der Waals surface area contributed by atoms with Gasteiger partial charge in [-0.15, -0.1) is 0 Å². The molecule has 0 unspecified atom stereocenters. The summed E-state index contributed by atoms with van der Waals surface area (Å²) in [5, 5.41) is 2.64. The van der Waals surface area contributed by atoms with E-state index in [1.165, 1.54) is 13.0 Å². The third kappa shape index (κ3) is 3.10. The van der Waals surface area contributed by atoms with E-state index < -0.39 is 10.0 Å². The Kier molecular flexibility index (Phi) is 4.03. The van der Waals surface area contributed by atoms with Crippen LogP contribution in [0.2, 0.25) is 0 Å². The van der Waals surface area contributed by atoms with Crippen LogP contribution in [0.3, 0.4) is 0 Å². The molecule has 2 aromatic carbocycles. The zero-order valence-electron chi connectivity index (χ0n) is 14.5. The molecule has 0 saturated heterocycles. The Balaban J connectivity index is 1.65. The van der Waals surface area contributed by atoms with E-state index in [1.807, 2.05) is 0 Å².